The van der Waals surface area contributed by atoms with Gasteiger partial charge in [0.1, 0.15) is 0 Å². The molecule has 0 aromatic heterocycles. The van der Waals surface area contributed by atoms with Crippen LogP contribution in [0.4, 0.5) is 0 Å². The number of piperidine rings is 1. The summed E-state index contributed by atoms with van der Waals surface area (Å²) < 4.78 is 5.44. The van der Waals surface area contributed by atoms with E-state index in [2.05, 4.69) is 12.2 Å². The van der Waals surface area contributed by atoms with Crippen molar-refractivity contribution in [2.75, 3.05) is 26.3 Å². The van der Waals surface area contributed by atoms with E-state index in [-0.39, 0.29) is 0 Å². The maximum absolute atomic E-state index is 5.44. The topological polar surface area (TPSA) is 21.3 Å². The third-order valence-electron chi connectivity index (χ3n) is 4.06. The van der Waals surface area contributed by atoms with Crippen LogP contribution in [0.15, 0.2) is 0 Å². The standard InChI is InChI=1S/C12H23NO/c1-2-10-9-13-6-3-12(10)11-4-7-14-8-5-11/h10-13H,2-9H2,1H3. The zero-order chi connectivity index (χ0) is 9.80. The van der Waals surface area contributed by atoms with Gasteiger partial charge in [0.15, 0.2) is 0 Å². The number of hydrogen-bond acceptors (Lipinski definition) is 2. The van der Waals surface area contributed by atoms with Crippen LogP contribution < -0.4 is 5.32 Å². The maximum atomic E-state index is 5.44. The van der Waals surface area contributed by atoms with Crippen molar-refractivity contribution in [2.24, 2.45) is 17.8 Å². The minimum absolute atomic E-state index is 0.923. The Balaban J connectivity index is 1.91. The largest absolute Gasteiger partial charge is 0.381 e. The Morgan fingerprint density at radius 3 is 2.71 bits per heavy atom. The van der Waals surface area contributed by atoms with Crippen LogP contribution in [0.1, 0.15) is 32.6 Å². The van der Waals surface area contributed by atoms with Crippen molar-refractivity contribution in [3.63, 3.8) is 0 Å². The minimum atomic E-state index is 0.923. The van der Waals surface area contributed by atoms with Crippen molar-refractivity contribution < 1.29 is 4.74 Å². The number of hydrogen-bond donors (Lipinski definition) is 1. The molecular weight excluding hydrogens is 174 g/mol. The van der Waals surface area contributed by atoms with Crippen molar-refractivity contribution in [3.8, 4) is 0 Å². The van der Waals surface area contributed by atoms with Crippen LogP contribution in [0.3, 0.4) is 0 Å². The van der Waals surface area contributed by atoms with Crippen molar-refractivity contribution in [2.45, 2.75) is 32.6 Å². The molecule has 0 saturated carbocycles. The summed E-state index contributed by atoms with van der Waals surface area (Å²) in [4.78, 5) is 0. The van der Waals surface area contributed by atoms with Crippen LogP contribution in [0.5, 0.6) is 0 Å². The Kier molecular flexibility index (Phi) is 3.82. The molecule has 0 spiro atoms. The maximum Gasteiger partial charge on any atom is 0.0468 e. The lowest BCUT2D eigenvalue weighted by molar-refractivity contribution is 0.0255. The lowest BCUT2D eigenvalue weighted by Gasteiger charge is -2.39. The van der Waals surface area contributed by atoms with Crippen LogP contribution in [0, 0.1) is 17.8 Å². The highest BCUT2D eigenvalue weighted by atomic mass is 16.5. The zero-order valence-electron chi connectivity index (χ0n) is 9.30. The van der Waals surface area contributed by atoms with Crippen LogP contribution in [0.25, 0.3) is 0 Å². The van der Waals surface area contributed by atoms with Gasteiger partial charge in [-0.2, -0.15) is 0 Å². The van der Waals surface area contributed by atoms with Gasteiger partial charge in [-0.05, 0) is 50.1 Å². The lowest BCUT2D eigenvalue weighted by Crippen LogP contribution is -2.41. The van der Waals surface area contributed by atoms with E-state index in [9.17, 15) is 0 Å². The summed E-state index contributed by atoms with van der Waals surface area (Å²) in [7, 11) is 0. The van der Waals surface area contributed by atoms with Crippen LogP contribution in [-0.2, 0) is 4.74 Å². The Morgan fingerprint density at radius 1 is 1.21 bits per heavy atom. The van der Waals surface area contributed by atoms with E-state index in [0.29, 0.717) is 0 Å². The first-order valence-corrected chi connectivity index (χ1v) is 6.20. The van der Waals surface area contributed by atoms with Crippen molar-refractivity contribution >= 4 is 0 Å². The first-order valence-electron chi connectivity index (χ1n) is 6.20. The van der Waals surface area contributed by atoms with E-state index in [0.717, 1.165) is 31.0 Å². The molecule has 2 rings (SSSR count). The van der Waals surface area contributed by atoms with Gasteiger partial charge in [0.05, 0.1) is 0 Å². The second-order valence-electron chi connectivity index (χ2n) is 4.77. The van der Waals surface area contributed by atoms with E-state index in [1.807, 2.05) is 0 Å². The second kappa shape index (κ2) is 5.13. The summed E-state index contributed by atoms with van der Waals surface area (Å²) in [5.74, 6) is 2.85. The lowest BCUT2D eigenvalue weighted by atomic mass is 9.73. The zero-order valence-corrected chi connectivity index (χ0v) is 9.30. The summed E-state index contributed by atoms with van der Waals surface area (Å²) in [5.41, 5.74) is 0. The molecular formula is C12H23NO. The molecule has 2 aliphatic heterocycles. The predicted molar refractivity (Wildman–Crippen MR) is 58.3 cm³/mol. The number of nitrogens with one attached hydrogen (secondary N) is 1. The summed E-state index contributed by atoms with van der Waals surface area (Å²) in [6, 6.07) is 0. The monoisotopic (exact) mass is 197 g/mol. The van der Waals surface area contributed by atoms with Gasteiger partial charge in [-0.1, -0.05) is 13.3 Å². The normalized spacial score (nSPS) is 35.8. The molecule has 2 aliphatic rings. The molecule has 0 aromatic carbocycles. The van der Waals surface area contributed by atoms with Gasteiger partial charge >= 0.3 is 0 Å². The highest BCUT2D eigenvalue weighted by molar-refractivity contribution is 4.83. The molecule has 0 aliphatic carbocycles. The molecule has 2 unspecified atom stereocenters. The molecule has 2 atom stereocenters. The molecule has 2 heterocycles. The average Bonchev–Trinajstić information content (AvgIpc) is 2.30. The van der Waals surface area contributed by atoms with Gasteiger partial charge in [0.2, 0.25) is 0 Å². The molecule has 14 heavy (non-hydrogen) atoms. The first kappa shape index (κ1) is 10.4. The summed E-state index contributed by atoms with van der Waals surface area (Å²) in [6.45, 7) is 6.83. The Labute approximate surface area is 87.4 Å². The second-order valence-corrected chi connectivity index (χ2v) is 4.77. The minimum Gasteiger partial charge on any atom is -0.381 e. The first-order chi connectivity index (χ1) is 6.92. The molecule has 2 nitrogen and oxygen atoms in total. The van der Waals surface area contributed by atoms with Crippen LogP contribution in [0.2, 0.25) is 0 Å². The SMILES string of the molecule is CCC1CNCCC1C1CCOCC1. The summed E-state index contributed by atoms with van der Waals surface area (Å²) in [6.07, 6.45) is 5.35. The molecule has 1 N–H and O–H groups in total. The van der Waals surface area contributed by atoms with E-state index in [1.165, 1.54) is 38.8 Å². The number of rotatable bonds is 2. The van der Waals surface area contributed by atoms with Crippen molar-refractivity contribution in [3.05, 3.63) is 0 Å². The predicted octanol–water partition coefficient (Wildman–Crippen LogP) is 2.05. The smallest absolute Gasteiger partial charge is 0.0468 e. The van der Waals surface area contributed by atoms with Gasteiger partial charge < -0.3 is 10.1 Å². The highest BCUT2D eigenvalue weighted by Crippen LogP contribution is 2.34. The molecule has 0 bridgehead atoms. The highest BCUT2D eigenvalue weighted by Gasteiger charge is 2.31. The molecule has 82 valence electrons. The Bertz CT molecular complexity index is 166. The van der Waals surface area contributed by atoms with Gasteiger partial charge in [-0.3, -0.25) is 0 Å². The van der Waals surface area contributed by atoms with Gasteiger partial charge in [0.25, 0.3) is 0 Å². The molecule has 2 heteroatoms. The third-order valence-corrected chi connectivity index (χ3v) is 4.06. The van der Waals surface area contributed by atoms with E-state index in [4.69, 9.17) is 4.74 Å². The van der Waals surface area contributed by atoms with E-state index in [1.54, 1.807) is 0 Å². The fourth-order valence-electron chi connectivity index (χ4n) is 3.15. The molecule has 0 aromatic rings. The van der Waals surface area contributed by atoms with Gasteiger partial charge in [-0.15, -0.1) is 0 Å². The molecule has 2 fully saturated rings. The van der Waals surface area contributed by atoms with Gasteiger partial charge in [-0.25, -0.2) is 0 Å². The van der Waals surface area contributed by atoms with Crippen molar-refractivity contribution in [1.29, 1.82) is 0 Å². The number of ether oxygens (including phenoxy) is 1. The average molecular weight is 197 g/mol. The van der Waals surface area contributed by atoms with Crippen LogP contribution >= 0.6 is 0 Å². The molecule has 0 amide bonds. The van der Waals surface area contributed by atoms with Gasteiger partial charge in [0, 0.05) is 13.2 Å². The van der Waals surface area contributed by atoms with Crippen LogP contribution in [-0.4, -0.2) is 26.3 Å². The Hall–Kier alpha value is -0.0800. The molecule has 0 radical (unpaired) electrons. The fourth-order valence-corrected chi connectivity index (χ4v) is 3.15. The van der Waals surface area contributed by atoms with E-state index < -0.39 is 0 Å². The fraction of sp³-hybridized carbons (Fsp3) is 1.00. The third kappa shape index (κ3) is 2.29. The quantitative estimate of drug-likeness (QED) is 0.731. The van der Waals surface area contributed by atoms with Crippen molar-refractivity contribution in [1.82, 2.24) is 5.32 Å². The Morgan fingerprint density at radius 2 is 2.00 bits per heavy atom. The molecule has 2 saturated heterocycles. The van der Waals surface area contributed by atoms with E-state index >= 15 is 0 Å². The summed E-state index contributed by atoms with van der Waals surface area (Å²) in [5, 5.41) is 3.52. The summed E-state index contributed by atoms with van der Waals surface area (Å²) >= 11 is 0.